The zero-order chi connectivity index (χ0) is 14.8. The van der Waals surface area contributed by atoms with E-state index in [0.29, 0.717) is 6.04 Å². The zero-order valence-corrected chi connectivity index (χ0v) is 13.8. The zero-order valence-electron chi connectivity index (χ0n) is 13.8. The van der Waals surface area contributed by atoms with Crippen LogP contribution in [0.4, 0.5) is 5.69 Å². The lowest BCUT2D eigenvalue weighted by molar-refractivity contribution is 0.590. The molecule has 0 aromatic heterocycles. The normalized spacial score (nSPS) is 12.4. The fraction of sp³-hybridized carbons (Fsp3) is 0.667. The summed E-state index contributed by atoms with van der Waals surface area (Å²) < 4.78 is 0. The Kier molecular flexibility index (Phi) is 8.36. The number of nitrogens with zero attached hydrogens (tertiary/aromatic N) is 1. The SMILES string of the molecule is CCCCN(c1ccccc1CNCCC)C(C)CC. The summed E-state index contributed by atoms with van der Waals surface area (Å²) in [6.07, 6.45) is 4.90. The average molecular weight is 276 g/mol. The first-order valence-electron chi connectivity index (χ1n) is 8.29. The van der Waals surface area contributed by atoms with Crippen molar-refractivity contribution < 1.29 is 0 Å². The van der Waals surface area contributed by atoms with Crippen LogP contribution in [0.1, 0.15) is 58.9 Å². The number of rotatable bonds is 10. The number of para-hydroxylation sites is 1. The van der Waals surface area contributed by atoms with Crippen LogP contribution in [0, 0.1) is 0 Å². The van der Waals surface area contributed by atoms with E-state index in [2.05, 4.69) is 62.2 Å². The van der Waals surface area contributed by atoms with E-state index in [1.54, 1.807) is 0 Å². The second kappa shape index (κ2) is 9.82. The molecule has 1 rings (SSSR count). The topological polar surface area (TPSA) is 15.3 Å². The standard InChI is InChI=1S/C18H32N2/c1-5-8-14-20(16(4)7-3)18-12-10-9-11-17(18)15-19-13-6-2/h9-12,16,19H,5-8,13-15H2,1-4H3. The quantitative estimate of drug-likeness (QED) is 0.629. The maximum atomic E-state index is 3.53. The van der Waals surface area contributed by atoms with Gasteiger partial charge in [-0.1, -0.05) is 45.4 Å². The molecule has 0 fully saturated rings. The van der Waals surface area contributed by atoms with Gasteiger partial charge in [0.05, 0.1) is 0 Å². The van der Waals surface area contributed by atoms with Crippen molar-refractivity contribution in [1.82, 2.24) is 5.32 Å². The Balaban J connectivity index is 2.87. The first-order valence-corrected chi connectivity index (χ1v) is 8.29. The Bertz CT molecular complexity index is 362. The van der Waals surface area contributed by atoms with Crippen LogP contribution in [-0.2, 0) is 6.54 Å². The van der Waals surface area contributed by atoms with E-state index in [-0.39, 0.29) is 0 Å². The van der Waals surface area contributed by atoms with Gasteiger partial charge in [0, 0.05) is 24.8 Å². The van der Waals surface area contributed by atoms with Crippen LogP contribution in [0.15, 0.2) is 24.3 Å². The molecule has 0 saturated carbocycles. The van der Waals surface area contributed by atoms with Gasteiger partial charge in [-0.05, 0) is 44.4 Å². The Hall–Kier alpha value is -1.02. The van der Waals surface area contributed by atoms with Crippen LogP contribution in [0.2, 0.25) is 0 Å². The highest BCUT2D eigenvalue weighted by molar-refractivity contribution is 5.54. The predicted octanol–water partition coefficient (Wildman–Crippen LogP) is 4.59. The third-order valence-electron chi connectivity index (χ3n) is 3.92. The maximum Gasteiger partial charge on any atom is 0.0414 e. The lowest BCUT2D eigenvalue weighted by Crippen LogP contribution is -2.34. The van der Waals surface area contributed by atoms with Gasteiger partial charge in [0.15, 0.2) is 0 Å². The van der Waals surface area contributed by atoms with Crippen molar-refractivity contribution in [3.8, 4) is 0 Å². The fourth-order valence-corrected chi connectivity index (χ4v) is 2.47. The Labute approximate surface area is 125 Å². The second-order valence-corrected chi connectivity index (χ2v) is 5.61. The van der Waals surface area contributed by atoms with Crippen LogP contribution in [0.25, 0.3) is 0 Å². The molecule has 0 bridgehead atoms. The molecule has 1 aromatic carbocycles. The number of nitrogens with one attached hydrogen (secondary N) is 1. The molecular weight excluding hydrogens is 244 g/mol. The highest BCUT2D eigenvalue weighted by Gasteiger charge is 2.15. The summed E-state index contributed by atoms with van der Waals surface area (Å²) in [4.78, 5) is 2.59. The molecule has 0 aliphatic carbocycles. The van der Waals surface area contributed by atoms with Crippen LogP contribution in [0.3, 0.4) is 0 Å². The molecule has 0 saturated heterocycles. The molecular formula is C18H32N2. The largest absolute Gasteiger partial charge is 0.369 e. The van der Waals surface area contributed by atoms with E-state index in [1.807, 2.05) is 0 Å². The third-order valence-corrected chi connectivity index (χ3v) is 3.92. The molecule has 20 heavy (non-hydrogen) atoms. The molecule has 1 unspecified atom stereocenters. The van der Waals surface area contributed by atoms with Crippen molar-refractivity contribution in [2.45, 2.75) is 66.0 Å². The average Bonchev–Trinajstić information content (AvgIpc) is 2.49. The minimum atomic E-state index is 0.605. The summed E-state index contributed by atoms with van der Waals surface area (Å²) in [6, 6.07) is 9.47. The van der Waals surface area contributed by atoms with Gasteiger partial charge in [-0.3, -0.25) is 0 Å². The first kappa shape index (κ1) is 17.0. The predicted molar refractivity (Wildman–Crippen MR) is 90.4 cm³/mol. The summed E-state index contributed by atoms with van der Waals surface area (Å²) in [5.74, 6) is 0. The molecule has 1 aromatic rings. The van der Waals surface area contributed by atoms with Gasteiger partial charge in [-0.2, -0.15) is 0 Å². The van der Waals surface area contributed by atoms with E-state index in [4.69, 9.17) is 0 Å². The number of anilines is 1. The molecule has 0 heterocycles. The van der Waals surface area contributed by atoms with Crippen LogP contribution >= 0.6 is 0 Å². The van der Waals surface area contributed by atoms with Gasteiger partial charge in [-0.15, -0.1) is 0 Å². The van der Waals surface area contributed by atoms with Crippen LogP contribution in [0.5, 0.6) is 0 Å². The molecule has 0 radical (unpaired) electrons. The molecule has 1 atom stereocenters. The summed E-state index contributed by atoms with van der Waals surface area (Å²) in [5.41, 5.74) is 2.84. The third kappa shape index (κ3) is 5.16. The smallest absolute Gasteiger partial charge is 0.0414 e. The number of hydrogen-bond donors (Lipinski definition) is 1. The van der Waals surface area contributed by atoms with Crippen molar-refractivity contribution in [2.75, 3.05) is 18.0 Å². The molecule has 2 heteroatoms. The molecule has 0 aliphatic heterocycles. The van der Waals surface area contributed by atoms with E-state index >= 15 is 0 Å². The summed E-state index contributed by atoms with van der Waals surface area (Å²) in [5, 5.41) is 3.53. The lowest BCUT2D eigenvalue weighted by atomic mass is 10.1. The van der Waals surface area contributed by atoms with E-state index in [9.17, 15) is 0 Å². The lowest BCUT2D eigenvalue weighted by Gasteiger charge is -2.32. The van der Waals surface area contributed by atoms with Gasteiger partial charge < -0.3 is 10.2 Å². The van der Waals surface area contributed by atoms with Crippen molar-refractivity contribution in [3.63, 3.8) is 0 Å². The maximum absolute atomic E-state index is 3.53. The van der Waals surface area contributed by atoms with Gasteiger partial charge in [0.1, 0.15) is 0 Å². The number of unbranched alkanes of at least 4 members (excludes halogenated alkanes) is 1. The Morgan fingerprint density at radius 3 is 2.50 bits per heavy atom. The molecule has 1 N–H and O–H groups in total. The number of hydrogen-bond acceptors (Lipinski definition) is 2. The monoisotopic (exact) mass is 276 g/mol. The molecule has 114 valence electrons. The first-order chi connectivity index (χ1) is 9.74. The van der Waals surface area contributed by atoms with Crippen LogP contribution < -0.4 is 10.2 Å². The Morgan fingerprint density at radius 2 is 1.85 bits per heavy atom. The fourth-order valence-electron chi connectivity index (χ4n) is 2.47. The molecule has 0 spiro atoms. The summed E-state index contributed by atoms with van der Waals surface area (Å²) in [7, 11) is 0. The summed E-state index contributed by atoms with van der Waals surface area (Å²) >= 11 is 0. The van der Waals surface area contributed by atoms with Crippen molar-refractivity contribution >= 4 is 5.69 Å². The van der Waals surface area contributed by atoms with Crippen LogP contribution in [-0.4, -0.2) is 19.1 Å². The molecule has 2 nitrogen and oxygen atoms in total. The highest BCUT2D eigenvalue weighted by Crippen LogP contribution is 2.24. The van der Waals surface area contributed by atoms with Gasteiger partial charge in [0.2, 0.25) is 0 Å². The van der Waals surface area contributed by atoms with Crippen molar-refractivity contribution in [3.05, 3.63) is 29.8 Å². The molecule has 0 aliphatic rings. The Morgan fingerprint density at radius 1 is 1.10 bits per heavy atom. The van der Waals surface area contributed by atoms with Crippen molar-refractivity contribution in [1.29, 1.82) is 0 Å². The molecule has 0 amide bonds. The van der Waals surface area contributed by atoms with E-state index in [0.717, 1.165) is 19.6 Å². The number of benzene rings is 1. The minimum absolute atomic E-state index is 0.605. The summed E-state index contributed by atoms with van der Waals surface area (Å²) in [6.45, 7) is 12.3. The van der Waals surface area contributed by atoms with Crippen molar-refractivity contribution in [2.24, 2.45) is 0 Å². The van der Waals surface area contributed by atoms with Gasteiger partial charge in [-0.25, -0.2) is 0 Å². The van der Waals surface area contributed by atoms with E-state index in [1.165, 1.54) is 36.9 Å². The second-order valence-electron chi connectivity index (χ2n) is 5.61. The highest BCUT2D eigenvalue weighted by atomic mass is 15.2. The van der Waals surface area contributed by atoms with E-state index < -0.39 is 0 Å². The van der Waals surface area contributed by atoms with Gasteiger partial charge in [0.25, 0.3) is 0 Å². The van der Waals surface area contributed by atoms with Gasteiger partial charge >= 0.3 is 0 Å². The minimum Gasteiger partial charge on any atom is -0.369 e.